The Morgan fingerprint density at radius 2 is 0.967 bits per heavy atom. The molecule has 1 aliphatic heterocycles. The van der Waals surface area contributed by atoms with E-state index >= 15 is 0 Å². The van der Waals surface area contributed by atoms with Crippen LogP contribution in [0.15, 0.2) is 4.99 Å². The molecule has 1 fully saturated rings. The first-order valence-corrected chi connectivity index (χ1v) is 27.3. The topological polar surface area (TPSA) is 121 Å². The zero-order valence-electron chi connectivity index (χ0n) is 40.7. The van der Waals surface area contributed by atoms with Crippen molar-refractivity contribution in [3.8, 4) is 0 Å². The van der Waals surface area contributed by atoms with E-state index in [1.54, 1.807) is 7.05 Å². The monoisotopic (exact) mass is 882 g/mol. The predicted molar refractivity (Wildman–Crippen MR) is 260 cm³/mol. The summed E-state index contributed by atoms with van der Waals surface area (Å²) in [5.74, 6) is 0.685. The lowest BCUT2D eigenvalue weighted by atomic mass is 10.0. The molecule has 1 rings (SSSR count). The summed E-state index contributed by atoms with van der Waals surface area (Å²) in [5.41, 5.74) is 0. The van der Waals surface area contributed by atoms with Crippen molar-refractivity contribution in [1.29, 1.82) is 0 Å². The van der Waals surface area contributed by atoms with Crippen LogP contribution in [0.1, 0.15) is 252 Å². The van der Waals surface area contributed by atoms with E-state index in [0.717, 1.165) is 116 Å². The molecule has 0 aliphatic carbocycles. The Morgan fingerprint density at radius 3 is 1.43 bits per heavy atom. The normalized spacial score (nSPS) is 16.5. The lowest BCUT2D eigenvalue weighted by Gasteiger charge is -2.23. The fourth-order valence-corrected chi connectivity index (χ4v) is 9.24. The number of amidine groups is 1. The molecule has 11 heteroatoms. The molecular formula is C50H99N5O5S. The van der Waals surface area contributed by atoms with Crippen LogP contribution in [0.5, 0.6) is 0 Å². The first kappa shape index (κ1) is 57.5. The van der Waals surface area contributed by atoms with Gasteiger partial charge in [-0.15, -0.1) is 0 Å². The number of carbonyl (C=O) groups excluding carboxylic acids is 2. The van der Waals surface area contributed by atoms with Gasteiger partial charge in [0.15, 0.2) is 11.2 Å². The lowest BCUT2D eigenvalue weighted by molar-refractivity contribution is -0.150. The van der Waals surface area contributed by atoms with Crippen molar-refractivity contribution in [2.75, 3.05) is 33.2 Å². The van der Waals surface area contributed by atoms with E-state index in [1.165, 1.54) is 122 Å². The number of aliphatic imine (C=N–C) groups is 1. The van der Waals surface area contributed by atoms with Gasteiger partial charge in [-0.05, 0) is 103 Å². The summed E-state index contributed by atoms with van der Waals surface area (Å²) in [6.07, 6.45) is 39.9. The van der Waals surface area contributed by atoms with Crippen molar-refractivity contribution in [1.82, 2.24) is 19.7 Å². The van der Waals surface area contributed by atoms with Gasteiger partial charge in [-0.1, -0.05) is 163 Å². The molecular weight excluding hydrogens is 783 g/mol. The lowest BCUT2D eigenvalue weighted by Crippen LogP contribution is -2.44. The Bertz CT molecular complexity index is 1070. The fraction of sp³-hybridized carbons (Fsp3) is 0.940. The van der Waals surface area contributed by atoms with Crippen molar-refractivity contribution < 1.29 is 23.3 Å². The van der Waals surface area contributed by atoms with Gasteiger partial charge < -0.3 is 14.4 Å². The number of nitrogens with one attached hydrogen (secondary N) is 3. The number of unbranched alkanes of at least 4 members (excludes halogenated alkanes) is 23. The minimum atomic E-state index is -1.29. The van der Waals surface area contributed by atoms with Crippen LogP contribution in [0, 0.1) is 0 Å². The third kappa shape index (κ3) is 34.5. The Balaban J connectivity index is 2.39. The van der Waals surface area contributed by atoms with Crippen LogP contribution in [-0.2, 0) is 30.2 Å². The second-order valence-corrected chi connectivity index (χ2v) is 19.0. The van der Waals surface area contributed by atoms with Crippen LogP contribution < -0.4 is 14.8 Å². The van der Waals surface area contributed by atoms with Gasteiger partial charge in [0.25, 0.3) is 0 Å². The quantitative estimate of drug-likeness (QED) is 0.0411. The summed E-state index contributed by atoms with van der Waals surface area (Å²) < 4.78 is 29.6. The molecule has 61 heavy (non-hydrogen) atoms. The van der Waals surface area contributed by atoms with Crippen molar-refractivity contribution in [3.63, 3.8) is 0 Å². The largest absolute Gasteiger partial charge is 0.462 e. The van der Waals surface area contributed by atoms with Crippen molar-refractivity contribution >= 4 is 28.9 Å². The highest BCUT2D eigenvalue weighted by Crippen LogP contribution is 2.19. The van der Waals surface area contributed by atoms with Gasteiger partial charge in [-0.25, -0.2) is 4.21 Å². The highest BCUT2D eigenvalue weighted by atomic mass is 32.2. The summed E-state index contributed by atoms with van der Waals surface area (Å²) in [7, 11) is 1.71. The van der Waals surface area contributed by atoms with Gasteiger partial charge in [-0.2, -0.15) is 4.72 Å². The second-order valence-electron chi connectivity index (χ2n) is 18.0. The fourth-order valence-electron chi connectivity index (χ4n) is 8.37. The zero-order valence-corrected chi connectivity index (χ0v) is 41.5. The van der Waals surface area contributed by atoms with Crippen LogP contribution in [0.25, 0.3) is 0 Å². The highest BCUT2D eigenvalue weighted by Gasteiger charge is 2.25. The molecule has 0 spiro atoms. The van der Waals surface area contributed by atoms with E-state index in [0.29, 0.717) is 18.7 Å². The van der Waals surface area contributed by atoms with Crippen molar-refractivity contribution in [2.24, 2.45) is 4.99 Å². The third-order valence-electron chi connectivity index (χ3n) is 12.3. The summed E-state index contributed by atoms with van der Waals surface area (Å²) in [4.78, 5) is 32.2. The molecule has 0 amide bonds. The first-order chi connectivity index (χ1) is 29.9. The zero-order chi connectivity index (χ0) is 44.4. The van der Waals surface area contributed by atoms with E-state index in [-0.39, 0.29) is 30.3 Å². The predicted octanol–water partition coefficient (Wildman–Crippen LogP) is 12.6. The number of hydrogen-bond acceptors (Lipinski definition) is 8. The van der Waals surface area contributed by atoms with Crippen LogP contribution >= 0.6 is 0 Å². The van der Waals surface area contributed by atoms with Gasteiger partial charge in [0.2, 0.25) is 0 Å². The van der Waals surface area contributed by atoms with Gasteiger partial charge in [0.05, 0.1) is 0 Å². The van der Waals surface area contributed by atoms with Crippen LogP contribution in [0.3, 0.4) is 0 Å². The molecule has 0 saturated carbocycles. The maximum Gasteiger partial charge on any atom is 0.306 e. The molecule has 0 aromatic rings. The smallest absolute Gasteiger partial charge is 0.306 e. The van der Waals surface area contributed by atoms with Crippen LogP contribution in [0.4, 0.5) is 0 Å². The summed E-state index contributed by atoms with van der Waals surface area (Å²) >= 11 is -1.29. The van der Waals surface area contributed by atoms with Gasteiger partial charge in [-0.3, -0.25) is 24.6 Å². The van der Waals surface area contributed by atoms with E-state index in [9.17, 15) is 13.8 Å². The second kappa shape index (κ2) is 42.4. The molecule has 3 unspecified atom stereocenters. The average Bonchev–Trinajstić information content (AvgIpc) is 3.63. The molecule has 0 bridgehead atoms. The molecule has 1 heterocycles. The maximum atomic E-state index is 12.9. The molecule has 3 atom stereocenters. The van der Waals surface area contributed by atoms with E-state index < -0.39 is 11.2 Å². The molecule has 0 aromatic carbocycles. The van der Waals surface area contributed by atoms with E-state index in [1.807, 2.05) is 0 Å². The van der Waals surface area contributed by atoms with Gasteiger partial charge in [0.1, 0.15) is 24.2 Å². The molecule has 3 N–H and O–H groups in total. The van der Waals surface area contributed by atoms with Crippen LogP contribution in [-0.4, -0.2) is 78.5 Å². The standard InChI is InChI=1S/C50H99N5O5S/c1-6-10-13-16-21-28-36-45(9-4)59-47(56)39-31-24-19-26-33-42-55(44-35-41-52-50-49(51-5)53-61(58)54-50)43-34-27-20-25-32-40-48(57)60-46(37-29-22-17-14-11-7-2)38-30-23-18-15-12-8-3/h45-46,50,52,54H,6-44H2,1-5H3,(H,51,53). The molecule has 0 aromatic heterocycles. The Kier molecular flexibility index (Phi) is 39.9. The molecule has 1 aliphatic rings. The number of rotatable bonds is 45. The van der Waals surface area contributed by atoms with E-state index in [4.69, 9.17) is 9.47 Å². The number of hydrogen-bond donors (Lipinski definition) is 3. The average molecular weight is 882 g/mol. The number of esters is 2. The molecule has 360 valence electrons. The summed E-state index contributed by atoms with van der Waals surface area (Å²) in [5, 5.41) is 3.45. The van der Waals surface area contributed by atoms with Crippen molar-refractivity contribution in [3.05, 3.63) is 0 Å². The number of ether oxygens (including phenoxy) is 2. The highest BCUT2D eigenvalue weighted by molar-refractivity contribution is 7.82. The van der Waals surface area contributed by atoms with Gasteiger partial charge >= 0.3 is 11.9 Å². The summed E-state index contributed by atoms with van der Waals surface area (Å²) in [6, 6.07) is 0. The SMILES string of the molecule is CCCCCCCCC(CC)OC(=O)CCCCCCCN(CCCCCCCC(=O)OC(CCCCCCCC)CCCCCCCC)CCCNC1NS(=O)NC1=NC. The summed E-state index contributed by atoms with van der Waals surface area (Å²) in [6.45, 7) is 12.9. The Morgan fingerprint density at radius 1 is 0.574 bits per heavy atom. The number of nitrogens with zero attached hydrogens (tertiary/aromatic N) is 2. The minimum Gasteiger partial charge on any atom is -0.462 e. The van der Waals surface area contributed by atoms with Crippen molar-refractivity contribution in [2.45, 2.75) is 271 Å². The third-order valence-corrected chi connectivity index (χ3v) is 13.2. The van der Waals surface area contributed by atoms with Gasteiger partial charge in [0, 0.05) is 19.9 Å². The number of carbonyl (C=O) groups is 2. The minimum absolute atomic E-state index is 0.0118. The van der Waals surface area contributed by atoms with E-state index in [2.05, 4.69) is 52.3 Å². The molecule has 0 radical (unpaired) electrons. The molecule has 1 saturated heterocycles. The Hall–Kier alpha value is -1.56. The van der Waals surface area contributed by atoms with Crippen LogP contribution in [0.2, 0.25) is 0 Å². The first-order valence-electron chi connectivity index (χ1n) is 26.1. The molecule has 10 nitrogen and oxygen atoms in total. The Labute approximate surface area is 379 Å². The maximum absolute atomic E-state index is 12.9.